The van der Waals surface area contributed by atoms with Crippen molar-refractivity contribution >= 4 is 22.9 Å². The van der Waals surface area contributed by atoms with Gasteiger partial charge in [-0.3, -0.25) is 9.69 Å². The number of hydrogen-bond acceptors (Lipinski definition) is 10. The van der Waals surface area contributed by atoms with Gasteiger partial charge in [0.1, 0.15) is 30.2 Å². The number of carbonyl (C=O) groups is 1. The molecule has 5 atom stereocenters. The number of aromatic nitrogens is 4. The van der Waals surface area contributed by atoms with E-state index in [9.17, 15) is 20.1 Å². The molecule has 29 heavy (non-hydrogen) atoms. The number of anilines is 1. The van der Waals surface area contributed by atoms with Crippen LogP contribution in [-0.4, -0.2) is 103 Å². The average molecular weight is 407 g/mol. The lowest BCUT2D eigenvalue weighted by Crippen LogP contribution is -2.66. The fourth-order valence-electron chi connectivity index (χ4n) is 3.80. The van der Waals surface area contributed by atoms with E-state index in [0.717, 1.165) is 25.9 Å². The maximum Gasteiger partial charge on any atom is 0.234 e. The number of fused-ring (bicyclic) bond motifs is 1. The summed E-state index contributed by atoms with van der Waals surface area (Å²) in [6.45, 7) is 1.48. The lowest BCUT2D eigenvalue weighted by molar-refractivity contribution is -0.185. The monoisotopic (exact) mass is 407 g/mol. The molecule has 2 aliphatic heterocycles. The lowest BCUT2D eigenvalue weighted by atomic mass is 9.95. The van der Waals surface area contributed by atoms with Crippen molar-refractivity contribution in [3.8, 4) is 0 Å². The van der Waals surface area contributed by atoms with Crippen LogP contribution in [0, 0.1) is 0 Å². The van der Waals surface area contributed by atoms with Crippen molar-refractivity contribution in [2.24, 2.45) is 0 Å². The zero-order chi connectivity index (χ0) is 20.4. The number of hydrogen-bond donors (Lipinski definition) is 6. The molecule has 0 spiro atoms. The highest BCUT2D eigenvalue weighted by Gasteiger charge is 2.45. The van der Waals surface area contributed by atoms with Crippen LogP contribution in [0.25, 0.3) is 11.2 Å². The minimum atomic E-state index is -1.37. The van der Waals surface area contributed by atoms with Gasteiger partial charge in [0.15, 0.2) is 17.7 Å². The predicted octanol–water partition coefficient (Wildman–Crippen LogP) is -2.22. The SMILES string of the molecule is O=C(CN1CCCC1)N[C@@H]1[C@@H](O)[C@H](O)[C@@H](Nc2ncnc3nc[nH]c23)O[C@H]1CO. The molecule has 12 heteroatoms. The summed E-state index contributed by atoms with van der Waals surface area (Å²) >= 11 is 0. The number of aromatic amines is 1. The molecule has 0 saturated carbocycles. The van der Waals surface area contributed by atoms with Gasteiger partial charge in [0.05, 0.1) is 25.5 Å². The molecule has 0 bridgehead atoms. The Balaban J connectivity index is 1.44. The van der Waals surface area contributed by atoms with Crippen LogP contribution in [0.3, 0.4) is 0 Å². The van der Waals surface area contributed by atoms with Gasteiger partial charge in [-0.2, -0.15) is 0 Å². The third kappa shape index (κ3) is 4.16. The molecule has 2 saturated heterocycles. The third-order valence-electron chi connectivity index (χ3n) is 5.33. The highest BCUT2D eigenvalue weighted by Crippen LogP contribution is 2.24. The van der Waals surface area contributed by atoms with Gasteiger partial charge in [0.25, 0.3) is 0 Å². The van der Waals surface area contributed by atoms with Gasteiger partial charge >= 0.3 is 0 Å². The average Bonchev–Trinajstić information content (AvgIpc) is 3.39. The minimum absolute atomic E-state index is 0.206. The Kier molecular flexibility index (Phi) is 5.87. The summed E-state index contributed by atoms with van der Waals surface area (Å²) in [5.41, 5.74) is 0.943. The van der Waals surface area contributed by atoms with Gasteiger partial charge < -0.3 is 35.7 Å². The van der Waals surface area contributed by atoms with Crippen LogP contribution in [0.4, 0.5) is 5.82 Å². The number of H-pyrrole nitrogens is 1. The van der Waals surface area contributed by atoms with Crippen molar-refractivity contribution in [3.63, 3.8) is 0 Å². The van der Waals surface area contributed by atoms with E-state index in [1.165, 1.54) is 12.7 Å². The molecule has 2 aliphatic rings. The molecule has 2 aromatic heterocycles. The van der Waals surface area contributed by atoms with Crippen molar-refractivity contribution in [1.82, 2.24) is 30.2 Å². The largest absolute Gasteiger partial charge is 0.394 e. The summed E-state index contributed by atoms with van der Waals surface area (Å²) < 4.78 is 5.74. The van der Waals surface area contributed by atoms with Crippen LogP contribution >= 0.6 is 0 Å². The van der Waals surface area contributed by atoms with E-state index in [4.69, 9.17) is 4.74 Å². The van der Waals surface area contributed by atoms with E-state index in [1.54, 1.807) is 0 Å². The Labute approximate surface area is 166 Å². The molecule has 4 heterocycles. The highest BCUT2D eigenvalue weighted by atomic mass is 16.5. The van der Waals surface area contributed by atoms with E-state index >= 15 is 0 Å². The number of likely N-dealkylation sites (tertiary alicyclic amines) is 1. The predicted molar refractivity (Wildman–Crippen MR) is 101 cm³/mol. The Hall–Kier alpha value is -2.38. The number of imidazole rings is 1. The number of aliphatic hydroxyl groups excluding tert-OH is 3. The molecule has 0 aliphatic carbocycles. The Bertz CT molecular complexity index is 840. The first-order chi connectivity index (χ1) is 14.1. The number of aliphatic hydroxyl groups is 3. The van der Waals surface area contributed by atoms with Crippen LogP contribution in [0.15, 0.2) is 12.7 Å². The molecule has 2 aromatic rings. The number of ether oxygens (including phenoxy) is 1. The van der Waals surface area contributed by atoms with Crippen molar-refractivity contribution in [2.45, 2.75) is 43.4 Å². The molecule has 4 rings (SSSR count). The van der Waals surface area contributed by atoms with Crippen LogP contribution in [0.2, 0.25) is 0 Å². The molecule has 1 amide bonds. The Morgan fingerprint density at radius 3 is 2.79 bits per heavy atom. The lowest BCUT2D eigenvalue weighted by Gasteiger charge is -2.42. The maximum atomic E-state index is 12.3. The van der Waals surface area contributed by atoms with Gasteiger partial charge in [-0.1, -0.05) is 0 Å². The Morgan fingerprint density at radius 2 is 2.03 bits per heavy atom. The maximum absolute atomic E-state index is 12.3. The summed E-state index contributed by atoms with van der Waals surface area (Å²) in [5.74, 6) is 0.0449. The summed E-state index contributed by atoms with van der Waals surface area (Å²) in [4.78, 5) is 29.4. The number of rotatable bonds is 6. The molecule has 0 aromatic carbocycles. The number of nitrogens with zero attached hydrogens (tertiary/aromatic N) is 4. The van der Waals surface area contributed by atoms with Crippen LogP contribution in [0.1, 0.15) is 12.8 Å². The van der Waals surface area contributed by atoms with E-state index < -0.39 is 37.2 Å². The molecular weight excluding hydrogens is 382 g/mol. The number of amides is 1. The van der Waals surface area contributed by atoms with E-state index in [2.05, 4.69) is 30.6 Å². The van der Waals surface area contributed by atoms with Crippen molar-refractivity contribution in [1.29, 1.82) is 0 Å². The second-order valence-corrected chi connectivity index (χ2v) is 7.30. The first-order valence-electron chi connectivity index (χ1n) is 9.61. The van der Waals surface area contributed by atoms with Gasteiger partial charge in [-0.05, 0) is 25.9 Å². The number of nitrogens with one attached hydrogen (secondary N) is 3. The van der Waals surface area contributed by atoms with Crippen LogP contribution in [-0.2, 0) is 9.53 Å². The van der Waals surface area contributed by atoms with Gasteiger partial charge in [-0.15, -0.1) is 0 Å². The standard InChI is InChI=1S/C17H25N7O5/c25-6-9-11(22-10(26)5-24-3-1-2-4-24)13(27)14(28)17(29-9)23-16-12-15(19-7-18-12)20-8-21-16/h7-9,11,13-14,17,25,27-28H,1-6H2,(H,22,26)(H2,18,19,20,21,23)/t9-,11-,13+,14-,17-/m0/s1. The fourth-order valence-corrected chi connectivity index (χ4v) is 3.80. The van der Waals surface area contributed by atoms with Gasteiger partial charge in [0, 0.05) is 0 Å². The first-order valence-corrected chi connectivity index (χ1v) is 9.61. The second kappa shape index (κ2) is 8.55. The minimum Gasteiger partial charge on any atom is -0.394 e. The molecular formula is C17H25N7O5. The van der Waals surface area contributed by atoms with Crippen molar-refractivity contribution in [3.05, 3.63) is 12.7 Å². The van der Waals surface area contributed by atoms with Crippen LogP contribution in [0.5, 0.6) is 0 Å². The normalized spacial score (nSPS) is 30.5. The van der Waals surface area contributed by atoms with Gasteiger partial charge in [-0.25, -0.2) is 15.0 Å². The molecule has 0 radical (unpaired) electrons. The smallest absolute Gasteiger partial charge is 0.234 e. The molecule has 2 fully saturated rings. The molecule has 158 valence electrons. The molecule has 0 unspecified atom stereocenters. The topological polar surface area (TPSA) is 169 Å². The highest BCUT2D eigenvalue weighted by molar-refractivity contribution is 5.82. The first kappa shape index (κ1) is 19.9. The summed E-state index contributed by atoms with van der Waals surface area (Å²) in [6, 6.07) is -0.944. The molecule has 6 N–H and O–H groups in total. The molecule has 12 nitrogen and oxygen atoms in total. The second-order valence-electron chi connectivity index (χ2n) is 7.30. The van der Waals surface area contributed by atoms with Crippen molar-refractivity contribution in [2.75, 3.05) is 31.6 Å². The van der Waals surface area contributed by atoms with E-state index in [1.807, 2.05) is 4.90 Å². The van der Waals surface area contributed by atoms with Crippen LogP contribution < -0.4 is 10.6 Å². The summed E-state index contributed by atoms with van der Waals surface area (Å²) in [5, 5.41) is 36.5. The third-order valence-corrected chi connectivity index (χ3v) is 5.33. The summed E-state index contributed by atoms with van der Waals surface area (Å²) in [6.07, 6.45) is 0.189. The van der Waals surface area contributed by atoms with E-state index in [0.29, 0.717) is 17.0 Å². The quantitative estimate of drug-likeness (QED) is 0.308. The Morgan fingerprint density at radius 1 is 1.24 bits per heavy atom. The van der Waals surface area contributed by atoms with Gasteiger partial charge in [0.2, 0.25) is 5.91 Å². The number of carbonyl (C=O) groups excluding carboxylic acids is 1. The zero-order valence-electron chi connectivity index (χ0n) is 15.7. The summed E-state index contributed by atoms with van der Waals surface area (Å²) in [7, 11) is 0. The fraction of sp³-hybridized carbons (Fsp3) is 0.647. The zero-order valence-corrected chi connectivity index (χ0v) is 15.7. The van der Waals surface area contributed by atoms with E-state index in [-0.39, 0.29) is 12.5 Å². The van der Waals surface area contributed by atoms with Crippen molar-refractivity contribution < 1.29 is 24.9 Å².